The van der Waals surface area contributed by atoms with Gasteiger partial charge < -0.3 is 15.8 Å². The van der Waals surface area contributed by atoms with Gasteiger partial charge in [0.25, 0.3) is 0 Å². The van der Waals surface area contributed by atoms with Crippen molar-refractivity contribution in [2.24, 2.45) is 0 Å². The molecule has 2 rings (SSSR count). The van der Waals surface area contributed by atoms with E-state index in [2.05, 4.69) is 32.2 Å². The van der Waals surface area contributed by atoms with Gasteiger partial charge in [-0.2, -0.15) is 15.0 Å². The standard InChI is InChI=1S/C12H19N7O/c1-2-3-7-20-8-5-15-11-16-10(13)17-12(18-11)19-6-4-14-9-19/h4,6,9H,2-3,5,7-8H2,1H3,(H3,13,15,16,17,18). The first-order valence-electron chi connectivity index (χ1n) is 6.61. The average Bonchev–Trinajstić information content (AvgIpc) is 2.96. The Morgan fingerprint density at radius 2 is 2.20 bits per heavy atom. The summed E-state index contributed by atoms with van der Waals surface area (Å²) in [5, 5.41) is 3.06. The molecule has 0 aliphatic carbocycles. The van der Waals surface area contributed by atoms with E-state index in [1.807, 2.05) is 0 Å². The van der Waals surface area contributed by atoms with Crippen LogP contribution in [-0.4, -0.2) is 44.3 Å². The molecule has 3 N–H and O–H groups in total. The number of nitrogens with one attached hydrogen (secondary N) is 1. The second-order valence-corrected chi connectivity index (χ2v) is 4.18. The van der Waals surface area contributed by atoms with Crippen LogP contribution >= 0.6 is 0 Å². The van der Waals surface area contributed by atoms with E-state index in [0.29, 0.717) is 25.0 Å². The Bertz CT molecular complexity index is 515. The van der Waals surface area contributed by atoms with Gasteiger partial charge in [-0.15, -0.1) is 0 Å². The first-order valence-corrected chi connectivity index (χ1v) is 6.61. The highest BCUT2D eigenvalue weighted by atomic mass is 16.5. The molecule has 0 bridgehead atoms. The minimum atomic E-state index is 0.165. The van der Waals surface area contributed by atoms with Crippen LogP contribution in [0.4, 0.5) is 11.9 Å². The van der Waals surface area contributed by atoms with Gasteiger partial charge in [0, 0.05) is 25.5 Å². The van der Waals surface area contributed by atoms with Crippen molar-refractivity contribution in [3.05, 3.63) is 18.7 Å². The average molecular weight is 277 g/mol. The lowest BCUT2D eigenvalue weighted by Crippen LogP contribution is -2.14. The Balaban J connectivity index is 1.88. The van der Waals surface area contributed by atoms with Gasteiger partial charge in [0.2, 0.25) is 17.8 Å². The minimum absolute atomic E-state index is 0.165. The van der Waals surface area contributed by atoms with E-state index in [4.69, 9.17) is 10.5 Å². The molecule has 2 heterocycles. The Morgan fingerprint density at radius 3 is 2.95 bits per heavy atom. The van der Waals surface area contributed by atoms with E-state index in [1.54, 1.807) is 23.3 Å². The number of rotatable bonds is 8. The molecule has 0 saturated carbocycles. The number of hydrogen-bond acceptors (Lipinski definition) is 7. The third kappa shape index (κ3) is 4.16. The first kappa shape index (κ1) is 14.2. The summed E-state index contributed by atoms with van der Waals surface area (Å²) in [5.41, 5.74) is 5.67. The molecule has 0 radical (unpaired) electrons. The van der Waals surface area contributed by atoms with Gasteiger partial charge >= 0.3 is 0 Å². The maximum Gasteiger partial charge on any atom is 0.241 e. The topological polar surface area (TPSA) is 104 Å². The number of aromatic nitrogens is 5. The number of ether oxygens (including phenoxy) is 1. The molecule has 0 fully saturated rings. The number of anilines is 2. The second kappa shape index (κ2) is 7.39. The van der Waals surface area contributed by atoms with Gasteiger partial charge in [-0.25, -0.2) is 4.98 Å². The van der Waals surface area contributed by atoms with Gasteiger partial charge in [-0.05, 0) is 6.42 Å². The molecule has 2 aromatic rings. The molecule has 20 heavy (non-hydrogen) atoms. The maximum atomic E-state index is 5.67. The quantitative estimate of drug-likeness (QED) is 0.690. The van der Waals surface area contributed by atoms with Crippen molar-refractivity contribution < 1.29 is 4.74 Å². The fourth-order valence-corrected chi connectivity index (χ4v) is 1.54. The molecule has 0 aliphatic heterocycles. The third-order valence-electron chi connectivity index (χ3n) is 2.55. The Hall–Kier alpha value is -2.22. The zero-order valence-corrected chi connectivity index (χ0v) is 11.5. The smallest absolute Gasteiger partial charge is 0.241 e. The molecule has 0 aromatic carbocycles. The normalized spacial score (nSPS) is 10.7. The molecule has 0 spiro atoms. The molecule has 0 unspecified atom stereocenters. The largest absolute Gasteiger partial charge is 0.380 e. The summed E-state index contributed by atoms with van der Waals surface area (Å²) in [4.78, 5) is 16.3. The highest BCUT2D eigenvalue weighted by Gasteiger charge is 2.05. The predicted octanol–water partition coefficient (Wildman–Crippen LogP) is 0.868. The molecule has 0 saturated heterocycles. The van der Waals surface area contributed by atoms with Gasteiger partial charge in [0.1, 0.15) is 6.33 Å². The van der Waals surface area contributed by atoms with Crippen molar-refractivity contribution in [1.29, 1.82) is 0 Å². The summed E-state index contributed by atoms with van der Waals surface area (Å²) >= 11 is 0. The Labute approximate surface area is 117 Å². The first-order chi connectivity index (χ1) is 9.79. The molecular weight excluding hydrogens is 258 g/mol. The summed E-state index contributed by atoms with van der Waals surface area (Å²) in [6.45, 7) is 4.13. The molecule has 0 atom stereocenters. The van der Waals surface area contributed by atoms with Crippen LogP contribution in [0.5, 0.6) is 0 Å². The number of nitrogens with zero attached hydrogens (tertiary/aromatic N) is 5. The molecule has 8 heteroatoms. The number of nitrogens with two attached hydrogens (primary N) is 1. The second-order valence-electron chi connectivity index (χ2n) is 4.18. The Kier molecular flexibility index (Phi) is 5.24. The van der Waals surface area contributed by atoms with Gasteiger partial charge in [-0.1, -0.05) is 13.3 Å². The Morgan fingerprint density at radius 1 is 1.30 bits per heavy atom. The zero-order chi connectivity index (χ0) is 14.2. The fourth-order valence-electron chi connectivity index (χ4n) is 1.54. The summed E-state index contributed by atoms with van der Waals surface area (Å²) in [6, 6.07) is 0. The summed E-state index contributed by atoms with van der Waals surface area (Å²) in [6.07, 6.45) is 7.20. The summed E-state index contributed by atoms with van der Waals surface area (Å²) in [7, 11) is 0. The molecule has 0 amide bonds. The number of nitrogen functional groups attached to an aromatic ring is 1. The van der Waals surface area contributed by atoms with Crippen LogP contribution in [0.3, 0.4) is 0 Å². The summed E-state index contributed by atoms with van der Waals surface area (Å²) in [5.74, 6) is 1.03. The van der Waals surface area contributed by atoms with E-state index in [0.717, 1.165) is 19.4 Å². The van der Waals surface area contributed by atoms with Crippen LogP contribution in [0.1, 0.15) is 19.8 Å². The van der Waals surface area contributed by atoms with E-state index in [-0.39, 0.29) is 5.95 Å². The van der Waals surface area contributed by atoms with Crippen LogP contribution in [-0.2, 0) is 4.74 Å². The van der Waals surface area contributed by atoms with E-state index >= 15 is 0 Å². The van der Waals surface area contributed by atoms with Crippen molar-refractivity contribution in [3.8, 4) is 5.95 Å². The van der Waals surface area contributed by atoms with Gasteiger partial charge in [0.05, 0.1) is 6.61 Å². The number of unbranched alkanes of at least 4 members (excludes halogenated alkanes) is 1. The third-order valence-corrected chi connectivity index (χ3v) is 2.55. The van der Waals surface area contributed by atoms with Crippen LogP contribution < -0.4 is 11.1 Å². The maximum absolute atomic E-state index is 5.67. The van der Waals surface area contributed by atoms with E-state index < -0.39 is 0 Å². The van der Waals surface area contributed by atoms with E-state index in [9.17, 15) is 0 Å². The van der Waals surface area contributed by atoms with E-state index in [1.165, 1.54) is 0 Å². The molecule has 108 valence electrons. The number of imidazole rings is 1. The van der Waals surface area contributed by atoms with Crippen molar-refractivity contribution in [3.63, 3.8) is 0 Å². The lowest BCUT2D eigenvalue weighted by atomic mass is 10.4. The molecule has 2 aromatic heterocycles. The molecule has 0 aliphatic rings. The van der Waals surface area contributed by atoms with Crippen LogP contribution in [0.25, 0.3) is 5.95 Å². The van der Waals surface area contributed by atoms with Crippen molar-refractivity contribution >= 4 is 11.9 Å². The zero-order valence-electron chi connectivity index (χ0n) is 11.5. The van der Waals surface area contributed by atoms with Crippen LogP contribution in [0.2, 0.25) is 0 Å². The lowest BCUT2D eigenvalue weighted by Gasteiger charge is -2.07. The van der Waals surface area contributed by atoms with Crippen molar-refractivity contribution in [2.45, 2.75) is 19.8 Å². The molecule has 8 nitrogen and oxygen atoms in total. The van der Waals surface area contributed by atoms with Crippen LogP contribution in [0.15, 0.2) is 18.7 Å². The fraction of sp³-hybridized carbons (Fsp3) is 0.500. The lowest BCUT2D eigenvalue weighted by molar-refractivity contribution is 0.141. The summed E-state index contributed by atoms with van der Waals surface area (Å²) < 4.78 is 7.12. The number of hydrogen-bond donors (Lipinski definition) is 2. The van der Waals surface area contributed by atoms with Crippen LogP contribution in [0, 0.1) is 0 Å². The SMILES string of the molecule is CCCCOCCNc1nc(N)nc(-n2ccnc2)n1. The van der Waals surface area contributed by atoms with Gasteiger partial charge in [-0.3, -0.25) is 4.57 Å². The minimum Gasteiger partial charge on any atom is -0.380 e. The predicted molar refractivity (Wildman–Crippen MR) is 75.6 cm³/mol. The van der Waals surface area contributed by atoms with Gasteiger partial charge in [0.15, 0.2) is 0 Å². The monoisotopic (exact) mass is 277 g/mol. The van der Waals surface area contributed by atoms with Crippen molar-refractivity contribution in [1.82, 2.24) is 24.5 Å². The van der Waals surface area contributed by atoms with Crippen molar-refractivity contribution in [2.75, 3.05) is 30.8 Å². The molecular formula is C12H19N7O. The highest BCUT2D eigenvalue weighted by Crippen LogP contribution is 2.06. The highest BCUT2D eigenvalue weighted by molar-refractivity contribution is 5.34.